The summed E-state index contributed by atoms with van der Waals surface area (Å²) in [6.45, 7) is 1.61. The summed E-state index contributed by atoms with van der Waals surface area (Å²) >= 11 is 0. The standard InChI is InChI=1S/C23H30N2O/c26-23-13-12-22(24-21-8-2-1-3-9-21)14-15-25(23)17-18-10-11-19-6-4-5-7-20(19)16-18/h4-7,10-11,16,21-22,24H,1-3,8-9,12-15,17H2. The Labute approximate surface area is 156 Å². The van der Waals surface area contributed by atoms with Gasteiger partial charge in [-0.15, -0.1) is 0 Å². The number of hydrogen-bond donors (Lipinski definition) is 1. The van der Waals surface area contributed by atoms with Gasteiger partial charge in [-0.25, -0.2) is 0 Å². The fourth-order valence-electron chi connectivity index (χ4n) is 4.53. The molecule has 1 saturated heterocycles. The number of likely N-dealkylation sites (tertiary alicyclic amines) is 1. The molecule has 1 aliphatic heterocycles. The van der Waals surface area contributed by atoms with Gasteiger partial charge in [0.1, 0.15) is 0 Å². The highest BCUT2D eigenvalue weighted by Gasteiger charge is 2.24. The highest BCUT2D eigenvalue weighted by Crippen LogP contribution is 2.22. The predicted molar refractivity (Wildman–Crippen MR) is 107 cm³/mol. The van der Waals surface area contributed by atoms with Crippen LogP contribution >= 0.6 is 0 Å². The minimum absolute atomic E-state index is 0.311. The third-order valence-corrected chi connectivity index (χ3v) is 6.07. The Balaban J connectivity index is 1.37. The summed E-state index contributed by atoms with van der Waals surface area (Å²) in [6, 6.07) is 16.2. The average Bonchev–Trinajstić information content (AvgIpc) is 2.85. The van der Waals surface area contributed by atoms with E-state index < -0.39 is 0 Å². The molecule has 2 aromatic carbocycles. The van der Waals surface area contributed by atoms with E-state index in [0.29, 0.717) is 24.4 Å². The fourth-order valence-corrected chi connectivity index (χ4v) is 4.53. The number of carbonyl (C=O) groups excluding carboxylic acids is 1. The number of rotatable bonds is 4. The first-order valence-corrected chi connectivity index (χ1v) is 10.3. The van der Waals surface area contributed by atoms with Gasteiger partial charge in [-0.3, -0.25) is 4.79 Å². The van der Waals surface area contributed by atoms with Gasteiger partial charge in [-0.05, 0) is 48.1 Å². The zero-order valence-corrected chi connectivity index (χ0v) is 15.6. The molecule has 3 nitrogen and oxygen atoms in total. The molecular weight excluding hydrogens is 320 g/mol. The monoisotopic (exact) mass is 350 g/mol. The van der Waals surface area contributed by atoms with Crippen LogP contribution in [0.25, 0.3) is 10.8 Å². The molecule has 1 amide bonds. The van der Waals surface area contributed by atoms with Crippen molar-refractivity contribution in [2.24, 2.45) is 0 Å². The molecule has 1 N–H and O–H groups in total. The topological polar surface area (TPSA) is 32.3 Å². The van der Waals surface area contributed by atoms with Crippen molar-refractivity contribution in [3.63, 3.8) is 0 Å². The number of carbonyl (C=O) groups is 1. The van der Waals surface area contributed by atoms with E-state index >= 15 is 0 Å². The summed E-state index contributed by atoms with van der Waals surface area (Å²) in [7, 11) is 0. The SMILES string of the molecule is O=C1CCC(NC2CCCCC2)CCN1Cc1ccc2ccccc2c1. The van der Waals surface area contributed by atoms with Crippen molar-refractivity contribution in [3.05, 3.63) is 48.0 Å². The Kier molecular flexibility index (Phi) is 5.54. The number of nitrogens with zero attached hydrogens (tertiary/aromatic N) is 1. The van der Waals surface area contributed by atoms with Crippen molar-refractivity contribution in [1.29, 1.82) is 0 Å². The molecule has 2 aliphatic rings. The lowest BCUT2D eigenvalue weighted by atomic mass is 9.94. The van der Waals surface area contributed by atoms with Gasteiger partial charge in [-0.1, -0.05) is 55.7 Å². The molecule has 3 heteroatoms. The second-order valence-electron chi connectivity index (χ2n) is 8.02. The van der Waals surface area contributed by atoms with Crippen LogP contribution < -0.4 is 5.32 Å². The molecule has 1 unspecified atom stereocenters. The summed E-state index contributed by atoms with van der Waals surface area (Å²) in [5.41, 5.74) is 1.23. The van der Waals surface area contributed by atoms with Crippen LogP contribution in [0.1, 0.15) is 56.9 Å². The molecule has 0 bridgehead atoms. The van der Waals surface area contributed by atoms with E-state index in [-0.39, 0.29) is 0 Å². The van der Waals surface area contributed by atoms with Gasteiger partial charge in [0.2, 0.25) is 5.91 Å². The average molecular weight is 351 g/mol. The molecule has 0 spiro atoms. The van der Waals surface area contributed by atoms with Crippen molar-refractivity contribution in [2.75, 3.05) is 6.54 Å². The first-order chi connectivity index (χ1) is 12.8. The maximum Gasteiger partial charge on any atom is 0.222 e. The lowest BCUT2D eigenvalue weighted by Gasteiger charge is -2.28. The molecule has 1 saturated carbocycles. The predicted octanol–water partition coefficient (Wildman–Crippen LogP) is 4.64. The van der Waals surface area contributed by atoms with Crippen LogP contribution in [0.2, 0.25) is 0 Å². The third-order valence-electron chi connectivity index (χ3n) is 6.07. The van der Waals surface area contributed by atoms with Crippen LogP contribution in [0.3, 0.4) is 0 Å². The van der Waals surface area contributed by atoms with E-state index in [1.165, 1.54) is 48.4 Å². The molecule has 4 rings (SSSR count). The fraction of sp³-hybridized carbons (Fsp3) is 0.522. The number of hydrogen-bond acceptors (Lipinski definition) is 2. The van der Waals surface area contributed by atoms with Crippen molar-refractivity contribution < 1.29 is 4.79 Å². The molecular formula is C23H30N2O. The molecule has 0 radical (unpaired) electrons. The number of nitrogens with one attached hydrogen (secondary N) is 1. The lowest BCUT2D eigenvalue weighted by molar-refractivity contribution is -0.131. The minimum atomic E-state index is 0.311. The summed E-state index contributed by atoms with van der Waals surface area (Å²) in [4.78, 5) is 14.7. The molecule has 1 atom stereocenters. The van der Waals surface area contributed by atoms with E-state index in [9.17, 15) is 4.79 Å². The van der Waals surface area contributed by atoms with Crippen LogP contribution in [0.15, 0.2) is 42.5 Å². The second-order valence-corrected chi connectivity index (χ2v) is 8.02. The molecule has 26 heavy (non-hydrogen) atoms. The van der Waals surface area contributed by atoms with Crippen LogP contribution in [0.4, 0.5) is 0 Å². The molecule has 1 heterocycles. The van der Waals surface area contributed by atoms with Crippen LogP contribution in [0, 0.1) is 0 Å². The van der Waals surface area contributed by atoms with Gasteiger partial charge >= 0.3 is 0 Å². The Bertz CT molecular complexity index is 751. The summed E-state index contributed by atoms with van der Waals surface area (Å²) < 4.78 is 0. The zero-order valence-electron chi connectivity index (χ0n) is 15.6. The van der Waals surface area contributed by atoms with E-state index in [2.05, 4.69) is 52.7 Å². The Morgan fingerprint density at radius 2 is 1.65 bits per heavy atom. The third kappa shape index (κ3) is 4.27. The first-order valence-electron chi connectivity index (χ1n) is 10.3. The highest BCUT2D eigenvalue weighted by atomic mass is 16.2. The van der Waals surface area contributed by atoms with Gasteiger partial charge in [-0.2, -0.15) is 0 Å². The maximum absolute atomic E-state index is 12.6. The minimum Gasteiger partial charge on any atom is -0.338 e. The summed E-state index contributed by atoms with van der Waals surface area (Å²) in [6.07, 6.45) is 9.48. The number of benzene rings is 2. The molecule has 138 valence electrons. The van der Waals surface area contributed by atoms with Gasteiger partial charge < -0.3 is 10.2 Å². The van der Waals surface area contributed by atoms with Crippen molar-refractivity contribution in [1.82, 2.24) is 10.2 Å². The second kappa shape index (κ2) is 8.22. The maximum atomic E-state index is 12.6. The number of amides is 1. The summed E-state index contributed by atoms with van der Waals surface area (Å²) in [5.74, 6) is 0.311. The van der Waals surface area contributed by atoms with Crippen LogP contribution in [0.5, 0.6) is 0 Å². The number of fused-ring (bicyclic) bond motifs is 1. The normalized spacial score (nSPS) is 22.5. The quantitative estimate of drug-likeness (QED) is 0.871. The Morgan fingerprint density at radius 1 is 0.885 bits per heavy atom. The van der Waals surface area contributed by atoms with E-state index in [1.54, 1.807) is 0 Å². The van der Waals surface area contributed by atoms with Crippen molar-refractivity contribution >= 4 is 16.7 Å². The van der Waals surface area contributed by atoms with Crippen molar-refractivity contribution in [3.8, 4) is 0 Å². The zero-order chi connectivity index (χ0) is 17.8. The van der Waals surface area contributed by atoms with Crippen LogP contribution in [-0.4, -0.2) is 29.4 Å². The van der Waals surface area contributed by atoms with Crippen LogP contribution in [-0.2, 0) is 11.3 Å². The first kappa shape index (κ1) is 17.5. The van der Waals surface area contributed by atoms with E-state index in [4.69, 9.17) is 0 Å². The van der Waals surface area contributed by atoms with E-state index in [0.717, 1.165) is 25.9 Å². The molecule has 2 fully saturated rings. The van der Waals surface area contributed by atoms with Gasteiger partial charge in [0, 0.05) is 31.6 Å². The summed E-state index contributed by atoms with van der Waals surface area (Å²) in [5, 5.41) is 6.36. The van der Waals surface area contributed by atoms with Gasteiger partial charge in [0.05, 0.1) is 0 Å². The molecule has 1 aliphatic carbocycles. The van der Waals surface area contributed by atoms with E-state index in [1.807, 2.05) is 0 Å². The Morgan fingerprint density at radius 3 is 2.50 bits per heavy atom. The molecule has 0 aromatic heterocycles. The van der Waals surface area contributed by atoms with Crippen molar-refractivity contribution in [2.45, 2.75) is 70.0 Å². The molecule has 2 aromatic rings. The van der Waals surface area contributed by atoms with Gasteiger partial charge in [0.25, 0.3) is 0 Å². The Hall–Kier alpha value is -1.87. The highest BCUT2D eigenvalue weighted by molar-refractivity contribution is 5.83. The smallest absolute Gasteiger partial charge is 0.222 e. The lowest BCUT2D eigenvalue weighted by Crippen LogP contribution is -2.40. The largest absolute Gasteiger partial charge is 0.338 e. The van der Waals surface area contributed by atoms with Gasteiger partial charge in [0.15, 0.2) is 0 Å².